The summed E-state index contributed by atoms with van der Waals surface area (Å²) >= 11 is 0. The minimum atomic E-state index is -4.99. The van der Waals surface area contributed by atoms with Crippen molar-refractivity contribution < 1.29 is 36.6 Å². The van der Waals surface area contributed by atoms with Gasteiger partial charge in [-0.05, 0) is 23.3 Å². The Hall–Kier alpha value is -3.62. The van der Waals surface area contributed by atoms with Gasteiger partial charge in [-0.1, -0.05) is 97.1 Å². The summed E-state index contributed by atoms with van der Waals surface area (Å²) in [5, 5.41) is 24.8. The lowest BCUT2D eigenvalue weighted by atomic mass is 9.64. The molecule has 186 valence electrons. The minimum absolute atomic E-state index is 0.231. The molecule has 4 aromatic rings. The first-order valence-corrected chi connectivity index (χ1v) is 10.8. The van der Waals surface area contributed by atoms with E-state index >= 15 is 0 Å². The maximum Gasteiger partial charge on any atom is 0.416 e. The Morgan fingerprint density at radius 2 is 0.611 bits per heavy atom. The van der Waals surface area contributed by atoms with Crippen molar-refractivity contribution >= 4 is 0 Å². The average molecular weight is 502 g/mol. The number of alkyl halides is 6. The molecule has 2 unspecified atom stereocenters. The summed E-state index contributed by atoms with van der Waals surface area (Å²) < 4.78 is 85.1. The van der Waals surface area contributed by atoms with E-state index < -0.39 is 45.8 Å². The van der Waals surface area contributed by atoms with Crippen molar-refractivity contribution in [1.29, 1.82) is 0 Å². The molecule has 2 nitrogen and oxygen atoms in total. The van der Waals surface area contributed by atoms with Crippen LogP contribution >= 0.6 is 0 Å². The van der Waals surface area contributed by atoms with Gasteiger partial charge in [-0.3, -0.25) is 0 Å². The molecule has 0 saturated heterocycles. The normalized spacial score (nSPS) is 15.7. The molecule has 4 aromatic carbocycles. The second kappa shape index (κ2) is 9.11. The zero-order valence-corrected chi connectivity index (χ0v) is 18.6. The highest BCUT2D eigenvalue weighted by molar-refractivity contribution is 5.55. The van der Waals surface area contributed by atoms with E-state index in [-0.39, 0.29) is 11.1 Å². The van der Waals surface area contributed by atoms with Crippen LogP contribution < -0.4 is 0 Å². The van der Waals surface area contributed by atoms with Crippen LogP contribution in [0.1, 0.15) is 33.4 Å². The summed E-state index contributed by atoms with van der Waals surface area (Å²) in [5.41, 5.74) is -10.7. The Kier molecular flexibility index (Phi) is 6.45. The molecule has 0 fully saturated rings. The molecule has 0 spiro atoms. The Morgan fingerprint density at radius 3 is 0.889 bits per heavy atom. The second-order valence-electron chi connectivity index (χ2n) is 8.24. The SMILES string of the molecule is OC(c1ccccc1)(c1ccccc1C(F)(F)F)C(O)(c1ccccc1)c1ccccc1C(F)(F)F. The molecule has 0 amide bonds. The van der Waals surface area contributed by atoms with Crippen molar-refractivity contribution in [2.45, 2.75) is 23.6 Å². The summed E-state index contributed by atoms with van der Waals surface area (Å²) in [4.78, 5) is 0. The average Bonchev–Trinajstić information content (AvgIpc) is 2.87. The monoisotopic (exact) mass is 502 g/mol. The fourth-order valence-electron chi connectivity index (χ4n) is 4.57. The zero-order valence-electron chi connectivity index (χ0n) is 18.6. The predicted octanol–water partition coefficient (Wildman–Crippen LogP) is 6.90. The lowest BCUT2D eigenvalue weighted by Gasteiger charge is -2.46. The molecule has 0 aromatic heterocycles. The van der Waals surface area contributed by atoms with Gasteiger partial charge in [-0.15, -0.1) is 0 Å². The molecular weight excluding hydrogens is 482 g/mol. The van der Waals surface area contributed by atoms with Gasteiger partial charge in [-0.2, -0.15) is 26.3 Å². The molecule has 0 aliphatic carbocycles. The van der Waals surface area contributed by atoms with Gasteiger partial charge in [0.25, 0.3) is 0 Å². The van der Waals surface area contributed by atoms with E-state index in [2.05, 4.69) is 0 Å². The molecule has 0 aliphatic heterocycles. The van der Waals surface area contributed by atoms with Crippen molar-refractivity contribution in [3.63, 3.8) is 0 Å². The maximum atomic E-state index is 14.2. The fourth-order valence-corrected chi connectivity index (χ4v) is 4.57. The van der Waals surface area contributed by atoms with Crippen LogP contribution in [-0.2, 0) is 23.6 Å². The quantitative estimate of drug-likeness (QED) is 0.292. The molecule has 2 N–H and O–H groups in total. The van der Waals surface area contributed by atoms with Crippen LogP contribution in [0.25, 0.3) is 0 Å². The van der Waals surface area contributed by atoms with E-state index in [9.17, 15) is 36.6 Å². The van der Waals surface area contributed by atoms with Crippen LogP contribution in [0.3, 0.4) is 0 Å². The Morgan fingerprint density at radius 1 is 0.361 bits per heavy atom. The largest absolute Gasteiger partial charge is 0.416 e. The summed E-state index contributed by atoms with van der Waals surface area (Å²) in [6.07, 6.45) is -9.97. The Labute approximate surface area is 203 Å². The third-order valence-electron chi connectivity index (χ3n) is 6.15. The maximum absolute atomic E-state index is 14.2. The molecular formula is C28H20F6O2. The highest BCUT2D eigenvalue weighted by atomic mass is 19.4. The lowest BCUT2D eigenvalue weighted by molar-refractivity contribution is -0.155. The van der Waals surface area contributed by atoms with Crippen LogP contribution in [-0.4, -0.2) is 10.2 Å². The van der Waals surface area contributed by atoms with E-state index in [1.165, 1.54) is 72.8 Å². The van der Waals surface area contributed by atoms with Crippen molar-refractivity contribution in [3.05, 3.63) is 143 Å². The summed E-state index contributed by atoms with van der Waals surface area (Å²) in [7, 11) is 0. The molecule has 0 bridgehead atoms. The molecule has 0 heterocycles. The first-order chi connectivity index (χ1) is 16.9. The summed E-state index contributed by atoms with van der Waals surface area (Å²) in [5.74, 6) is 0. The van der Waals surface area contributed by atoms with E-state index in [4.69, 9.17) is 0 Å². The molecule has 4 rings (SSSR count). The van der Waals surface area contributed by atoms with E-state index in [1.54, 1.807) is 0 Å². The third kappa shape index (κ3) is 4.16. The lowest BCUT2D eigenvalue weighted by Crippen LogP contribution is -2.52. The van der Waals surface area contributed by atoms with Crippen LogP contribution in [0.2, 0.25) is 0 Å². The predicted molar refractivity (Wildman–Crippen MR) is 122 cm³/mol. The van der Waals surface area contributed by atoms with Crippen LogP contribution in [0.5, 0.6) is 0 Å². The van der Waals surface area contributed by atoms with Gasteiger partial charge >= 0.3 is 12.4 Å². The van der Waals surface area contributed by atoms with Crippen LogP contribution in [0.15, 0.2) is 109 Å². The standard InChI is InChI=1S/C28H20F6O2/c29-27(30,31)23-17-9-7-15-21(23)25(35,19-11-3-1-4-12-19)26(36,20-13-5-2-6-14-20)22-16-8-10-18-24(22)28(32,33)34/h1-18,35-36H. The van der Waals surface area contributed by atoms with Gasteiger partial charge in [0, 0.05) is 11.1 Å². The molecule has 36 heavy (non-hydrogen) atoms. The van der Waals surface area contributed by atoms with Crippen LogP contribution in [0, 0.1) is 0 Å². The van der Waals surface area contributed by atoms with Gasteiger partial charge in [0.15, 0.2) is 11.2 Å². The number of benzene rings is 4. The highest BCUT2D eigenvalue weighted by Crippen LogP contribution is 2.54. The molecule has 0 aliphatic rings. The van der Waals surface area contributed by atoms with Crippen molar-refractivity contribution in [2.24, 2.45) is 0 Å². The van der Waals surface area contributed by atoms with E-state index in [1.807, 2.05) is 0 Å². The smallest absolute Gasteiger partial charge is 0.377 e. The Balaban J connectivity index is 2.23. The highest BCUT2D eigenvalue weighted by Gasteiger charge is 2.58. The number of halogens is 6. The number of aliphatic hydroxyl groups is 2. The number of rotatable bonds is 5. The van der Waals surface area contributed by atoms with Gasteiger partial charge in [0.2, 0.25) is 0 Å². The van der Waals surface area contributed by atoms with Crippen molar-refractivity contribution in [3.8, 4) is 0 Å². The topological polar surface area (TPSA) is 40.5 Å². The number of hydrogen-bond acceptors (Lipinski definition) is 2. The van der Waals surface area contributed by atoms with Gasteiger partial charge in [-0.25, -0.2) is 0 Å². The van der Waals surface area contributed by atoms with Crippen molar-refractivity contribution in [1.82, 2.24) is 0 Å². The summed E-state index contributed by atoms with van der Waals surface area (Å²) in [6, 6.07) is 21.8. The number of hydrogen-bond donors (Lipinski definition) is 2. The van der Waals surface area contributed by atoms with Crippen LogP contribution in [0.4, 0.5) is 26.3 Å². The second-order valence-corrected chi connectivity index (χ2v) is 8.24. The summed E-state index contributed by atoms with van der Waals surface area (Å²) in [6.45, 7) is 0. The first-order valence-electron chi connectivity index (χ1n) is 10.8. The van der Waals surface area contributed by atoms with E-state index in [0.29, 0.717) is 12.1 Å². The fraction of sp³-hybridized carbons (Fsp3) is 0.143. The Bertz CT molecular complexity index is 1230. The van der Waals surface area contributed by atoms with Gasteiger partial charge in [0.05, 0.1) is 11.1 Å². The zero-order chi connectivity index (χ0) is 26.2. The minimum Gasteiger partial charge on any atom is -0.377 e. The molecule has 0 saturated carbocycles. The van der Waals surface area contributed by atoms with E-state index in [0.717, 1.165) is 24.3 Å². The first kappa shape index (κ1) is 25.5. The molecule has 8 heteroatoms. The van der Waals surface area contributed by atoms with Gasteiger partial charge < -0.3 is 10.2 Å². The third-order valence-corrected chi connectivity index (χ3v) is 6.15. The molecule has 0 radical (unpaired) electrons. The van der Waals surface area contributed by atoms with Gasteiger partial charge in [0.1, 0.15) is 0 Å². The molecule has 2 atom stereocenters. The van der Waals surface area contributed by atoms with Crippen molar-refractivity contribution in [2.75, 3.05) is 0 Å².